The van der Waals surface area contributed by atoms with E-state index in [4.69, 9.17) is 4.74 Å². The van der Waals surface area contributed by atoms with E-state index in [1.807, 2.05) is 42.5 Å². The molecule has 172 valence electrons. The van der Waals surface area contributed by atoms with Crippen LogP contribution < -0.4 is 15.5 Å². The van der Waals surface area contributed by atoms with Gasteiger partial charge in [-0.25, -0.2) is 9.97 Å². The van der Waals surface area contributed by atoms with Crippen molar-refractivity contribution in [2.75, 3.05) is 41.8 Å². The summed E-state index contributed by atoms with van der Waals surface area (Å²) < 4.78 is 5.42. The van der Waals surface area contributed by atoms with Gasteiger partial charge in [-0.3, -0.25) is 4.79 Å². The maximum absolute atomic E-state index is 12.2. The number of benzene rings is 2. The van der Waals surface area contributed by atoms with Crippen LogP contribution in [0.3, 0.4) is 0 Å². The van der Waals surface area contributed by atoms with Crippen LogP contribution in [0.25, 0.3) is 11.3 Å². The smallest absolute Gasteiger partial charge is 0.227 e. The number of carbonyl (C=O) groups excluding carboxylic acids is 1. The van der Waals surface area contributed by atoms with Crippen molar-refractivity contribution >= 4 is 28.9 Å². The van der Waals surface area contributed by atoms with Gasteiger partial charge in [0, 0.05) is 48.3 Å². The quantitative estimate of drug-likeness (QED) is 0.550. The zero-order valence-electron chi connectivity index (χ0n) is 19.5. The molecular formula is C26H31N5O2. The van der Waals surface area contributed by atoms with Crippen LogP contribution in [0.2, 0.25) is 0 Å². The van der Waals surface area contributed by atoms with Crippen molar-refractivity contribution in [2.45, 2.75) is 27.2 Å². The van der Waals surface area contributed by atoms with Gasteiger partial charge in [0.1, 0.15) is 0 Å². The molecule has 0 unspecified atom stereocenters. The molecule has 1 aliphatic rings. The summed E-state index contributed by atoms with van der Waals surface area (Å²) in [5, 5.41) is 6.24. The molecule has 1 saturated heterocycles. The Bertz CT molecular complexity index is 1070. The molecule has 0 radical (unpaired) electrons. The summed E-state index contributed by atoms with van der Waals surface area (Å²) in [7, 11) is 0. The number of morpholine rings is 1. The van der Waals surface area contributed by atoms with Gasteiger partial charge in [0.05, 0.1) is 18.9 Å². The Balaban J connectivity index is 1.40. The van der Waals surface area contributed by atoms with Gasteiger partial charge in [0.25, 0.3) is 0 Å². The fraction of sp³-hybridized carbons (Fsp3) is 0.346. The Labute approximate surface area is 195 Å². The summed E-state index contributed by atoms with van der Waals surface area (Å²) >= 11 is 0. The molecule has 2 aromatic carbocycles. The van der Waals surface area contributed by atoms with Crippen molar-refractivity contribution in [3.63, 3.8) is 0 Å². The average molecular weight is 446 g/mol. The highest BCUT2D eigenvalue weighted by atomic mass is 16.5. The standard InChI is InChI=1S/C26H31N5O2/c1-26(2,3)18-24(32)28-20-6-4-19(5-7-20)23-12-13-27-25(30-23)29-21-8-10-22(11-9-21)31-14-16-33-17-15-31/h4-13H,14-18H2,1-3H3,(H,28,32)(H,27,29,30). The first-order valence-corrected chi connectivity index (χ1v) is 11.3. The predicted molar refractivity (Wildman–Crippen MR) is 133 cm³/mol. The molecule has 0 spiro atoms. The number of amides is 1. The predicted octanol–water partition coefficient (Wildman–Crippen LogP) is 5.10. The van der Waals surface area contributed by atoms with Gasteiger partial charge in [-0.2, -0.15) is 0 Å². The van der Waals surface area contributed by atoms with Gasteiger partial charge in [-0.05, 0) is 47.9 Å². The van der Waals surface area contributed by atoms with Crippen molar-refractivity contribution in [2.24, 2.45) is 5.41 Å². The number of anilines is 4. The fourth-order valence-electron chi connectivity index (χ4n) is 3.70. The minimum atomic E-state index is -0.0444. The monoisotopic (exact) mass is 445 g/mol. The van der Waals surface area contributed by atoms with E-state index in [9.17, 15) is 4.79 Å². The lowest BCUT2D eigenvalue weighted by Crippen LogP contribution is -2.36. The molecule has 3 aromatic rings. The highest BCUT2D eigenvalue weighted by molar-refractivity contribution is 5.91. The number of rotatable bonds is 6. The summed E-state index contributed by atoms with van der Waals surface area (Å²) in [6.45, 7) is 9.52. The Morgan fingerprint density at radius 1 is 0.970 bits per heavy atom. The molecule has 7 heteroatoms. The number of nitrogens with zero attached hydrogens (tertiary/aromatic N) is 3. The number of aromatic nitrogens is 2. The minimum absolute atomic E-state index is 0.0170. The average Bonchev–Trinajstić information content (AvgIpc) is 2.80. The van der Waals surface area contributed by atoms with Crippen LogP contribution in [0.4, 0.5) is 23.0 Å². The van der Waals surface area contributed by atoms with E-state index in [-0.39, 0.29) is 11.3 Å². The van der Waals surface area contributed by atoms with E-state index in [1.54, 1.807) is 6.20 Å². The highest BCUT2D eigenvalue weighted by Gasteiger charge is 2.16. The van der Waals surface area contributed by atoms with Crippen molar-refractivity contribution in [1.29, 1.82) is 0 Å². The van der Waals surface area contributed by atoms with Gasteiger partial charge in [-0.1, -0.05) is 32.9 Å². The second-order valence-corrected chi connectivity index (χ2v) is 9.40. The molecule has 0 saturated carbocycles. The summed E-state index contributed by atoms with van der Waals surface area (Å²) in [4.78, 5) is 23.5. The molecule has 1 aromatic heterocycles. The zero-order chi connectivity index (χ0) is 23.3. The van der Waals surface area contributed by atoms with Crippen LogP contribution >= 0.6 is 0 Å². The Morgan fingerprint density at radius 2 is 1.64 bits per heavy atom. The van der Waals surface area contributed by atoms with E-state index in [1.165, 1.54) is 5.69 Å². The lowest BCUT2D eigenvalue weighted by molar-refractivity contribution is -0.117. The molecule has 7 nitrogen and oxygen atoms in total. The van der Waals surface area contributed by atoms with Crippen LogP contribution in [0.1, 0.15) is 27.2 Å². The normalized spacial score (nSPS) is 14.1. The first kappa shape index (κ1) is 22.7. The third-order valence-corrected chi connectivity index (χ3v) is 5.31. The second-order valence-electron chi connectivity index (χ2n) is 9.40. The van der Waals surface area contributed by atoms with E-state index >= 15 is 0 Å². The van der Waals surface area contributed by atoms with Crippen LogP contribution in [-0.2, 0) is 9.53 Å². The van der Waals surface area contributed by atoms with E-state index in [0.29, 0.717) is 12.4 Å². The molecule has 0 aliphatic carbocycles. The van der Waals surface area contributed by atoms with Crippen molar-refractivity contribution in [3.05, 3.63) is 60.8 Å². The third kappa shape index (κ3) is 6.52. The van der Waals surface area contributed by atoms with Gasteiger partial charge >= 0.3 is 0 Å². The van der Waals surface area contributed by atoms with Gasteiger partial charge in [-0.15, -0.1) is 0 Å². The van der Waals surface area contributed by atoms with Crippen molar-refractivity contribution < 1.29 is 9.53 Å². The van der Waals surface area contributed by atoms with Crippen LogP contribution in [0, 0.1) is 5.41 Å². The SMILES string of the molecule is CC(C)(C)CC(=O)Nc1ccc(-c2ccnc(Nc3ccc(N4CCOCC4)cc3)n2)cc1. The molecule has 33 heavy (non-hydrogen) atoms. The molecule has 4 rings (SSSR count). The fourth-order valence-corrected chi connectivity index (χ4v) is 3.70. The van der Waals surface area contributed by atoms with Crippen LogP contribution in [-0.4, -0.2) is 42.2 Å². The van der Waals surface area contributed by atoms with Gasteiger partial charge < -0.3 is 20.3 Å². The molecular weight excluding hydrogens is 414 g/mol. The lowest BCUT2D eigenvalue weighted by atomic mass is 9.92. The molecule has 0 bridgehead atoms. The maximum Gasteiger partial charge on any atom is 0.227 e. The Morgan fingerprint density at radius 3 is 2.30 bits per heavy atom. The Hall–Kier alpha value is -3.45. The Kier molecular flexibility index (Phi) is 6.89. The first-order chi connectivity index (χ1) is 15.9. The number of carbonyl (C=O) groups is 1. The molecule has 2 heterocycles. The lowest BCUT2D eigenvalue weighted by Gasteiger charge is -2.28. The summed E-state index contributed by atoms with van der Waals surface area (Å²) in [5.41, 5.74) is 4.62. The van der Waals surface area contributed by atoms with E-state index in [0.717, 1.165) is 48.9 Å². The molecule has 1 amide bonds. The minimum Gasteiger partial charge on any atom is -0.378 e. The molecule has 1 aliphatic heterocycles. The third-order valence-electron chi connectivity index (χ3n) is 5.31. The largest absolute Gasteiger partial charge is 0.378 e. The molecule has 1 fully saturated rings. The first-order valence-electron chi connectivity index (χ1n) is 11.3. The van der Waals surface area contributed by atoms with Crippen molar-refractivity contribution in [3.8, 4) is 11.3 Å². The zero-order valence-corrected chi connectivity index (χ0v) is 19.5. The number of nitrogens with one attached hydrogen (secondary N) is 2. The second kappa shape index (κ2) is 10.0. The van der Waals surface area contributed by atoms with Crippen LogP contribution in [0.5, 0.6) is 0 Å². The summed E-state index contributed by atoms with van der Waals surface area (Å²) in [6, 6.07) is 17.9. The highest BCUT2D eigenvalue weighted by Crippen LogP contribution is 2.24. The summed E-state index contributed by atoms with van der Waals surface area (Å²) in [6.07, 6.45) is 2.22. The molecule has 2 N–H and O–H groups in total. The van der Waals surface area contributed by atoms with E-state index in [2.05, 4.69) is 58.4 Å². The summed E-state index contributed by atoms with van der Waals surface area (Å²) in [5.74, 6) is 0.553. The number of hydrogen-bond acceptors (Lipinski definition) is 6. The van der Waals surface area contributed by atoms with Gasteiger partial charge in [0.15, 0.2) is 0 Å². The topological polar surface area (TPSA) is 79.4 Å². The number of ether oxygens (including phenoxy) is 1. The molecule has 0 atom stereocenters. The maximum atomic E-state index is 12.2. The van der Waals surface area contributed by atoms with Crippen molar-refractivity contribution in [1.82, 2.24) is 9.97 Å². The number of hydrogen-bond donors (Lipinski definition) is 2. The van der Waals surface area contributed by atoms with E-state index < -0.39 is 0 Å². The van der Waals surface area contributed by atoms with Gasteiger partial charge in [0.2, 0.25) is 11.9 Å². The van der Waals surface area contributed by atoms with Crippen LogP contribution in [0.15, 0.2) is 60.8 Å².